The summed E-state index contributed by atoms with van der Waals surface area (Å²) in [7, 11) is 0. The van der Waals surface area contributed by atoms with Gasteiger partial charge in [-0.2, -0.15) is 0 Å². The zero-order chi connectivity index (χ0) is 20.5. The van der Waals surface area contributed by atoms with Gasteiger partial charge in [0, 0.05) is 23.4 Å². The van der Waals surface area contributed by atoms with Crippen LogP contribution >= 0.6 is 15.9 Å². The summed E-state index contributed by atoms with van der Waals surface area (Å²) in [6.45, 7) is 6.90. The minimum absolute atomic E-state index is 0.0140. The average molecular weight is 447 g/mol. The molecule has 0 spiro atoms. The highest BCUT2D eigenvalue weighted by atomic mass is 79.9. The predicted octanol–water partition coefficient (Wildman–Crippen LogP) is 5.86. The van der Waals surface area contributed by atoms with Crippen molar-refractivity contribution in [1.29, 1.82) is 0 Å². The van der Waals surface area contributed by atoms with Crippen LogP contribution in [0.1, 0.15) is 50.4 Å². The smallest absolute Gasteiger partial charge is 0.255 e. The van der Waals surface area contributed by atoms with Crippen LogP contribution in [-0.2, 0) is 4.79 Å². The minimum Gasteiger partial charge on any atom is -0.492 e. The molecule has 0 unspecified atom stereocenters. The van der Waals surface area contributed by atoms with Gasteiger partial charge in [-0.3, -0.25) is 9.59 Å². The molecule has 0 aliphatic carbocycles. The average Bonchev–Trinajstić information content (AvgIpc) is 2.64. The lowest BCUT2D eigenvalue weighted by Gasteiger charge is -2.11. The Labute approximate surface area is 175 Å². The van der Waals surface area contributed by atoms with Gasteiger partial charge in [0.15, 0.2) is 0 Å². The van der Waals surface area contributed by atoms with E-state index in [-0.39, 0.29) is 11.8 Å². The molecular weight excluding hydrogens is 420 g/mol. The molecule has 5 nitrogen and oxygen atoms in total. The van der Waals surface area contributed by atoms with Crippen LogP contribution in [0.2, 0.25) is 0 Å². The Bertz CT molecular complexity index is 804. The maximum atomic E-state index is 12.5. The Balaban J connectivity index is 1.95. The highest BCUT2D eigenvalue weighted by Crippen LogP contribution is 2.27. The molecule has 0 aromatic heterocycles. The Hall–Kier alpha value is -2.34. The molecule has 0 atom stereocenters. The number of anilines is 2. The van der Waals surface area contributed by atoms with Crippen LogP contribution in [0.25, 0.3) is 0 Å². The first-order valence-corrected chi connectivity index (χ1v) is 10.3. The van der Waals surface area contributed by atoms with Crippen LogP contribution in [0.15, 0.2) is 46.9 Å². The number of hydrogen-bond donors (Lipinski definition) is 2. The molecule has 6 heteroatoms. The monoisotopic (exact) mass is 446 g/mol. The van der Waals surface area contributed by atoms with E-state index < -0.39 is 0 Å². The lowest BCUT2D eigenvalue weighted by Crippen LogP contribution is -2.13. The van der Waals surface area contributed by atoms with Crippen molar-refractivity contribution >= 4 is 39.1 Å². The number of hydrogen-bond acceptors (Lipinski definition) is 3. The van der Waals surface area contributed by atoms with Gasteiger partial charge in [0.1, 0.15) is 5.75 Å². The molecule has 150 valence electrons. The second kappa shape index (κ2) is 10.9. The fourth-order valence-electron chi connectivity index (χ4n) is 2.45. The van der Waals surface area contributed by atoms with Crippen molar-refractivity contribution in [2.45, 2.75) is 40.0 Å². The first-order valence-electron chi connectivity index (χ1n) is 9.52. The SMILES string of the molecule is CCCC(=O)Nc1ccc(NC(=O)c2ccc(OCCC(C)C)c(Br)c2)cc1. The summed E-state index contributed by atoms with van der Waals surface area (Å²) in [4.78, 5) is 24.1. The summed E-state index contributed by atoms with van der Waals surface area (Å²) in [6, 6.07) is 12.3. The summed E-state index contributed by atoms with van der Waals surface area (Å²) < 4.78 is 6.50. The lowest BCUT2D eigenvalue weighted by atomic mass is 10.1. The van der Waals surface area contributed by atoms with Gasteiger partial charge in [0.05, 0.1) is 11.1 Å². The predicted molar refractivity (Wildman–Crippen MR) is 117 cm³/mol. The van der Waals surface area contributed by atoms with Crippen molar-refractivity contribution in [3.05, 3.63) is 52.5 Å². The molecule has 2 amide bonds. The Morgan fingerprint density at radius 3 is 2.25 bits per heavy atom. The van der Waals surface area contributed by atoms with Gasteiger partial charge in [-0.15, -0.1) is 0 Å². The largest absolute Gasteiger partial charge is 0.492 e. The van der Waals surface area contributed by atoms with E-state index in [1.807, 2.05) is 6.92 Å². The van der Waals surface area contributed by atoms with Gasteiger partial charge in [-0.25, -0.2) is 0 Å². The number of ether oxygens (including phenoxy) is 1. The molecule has 0 aliphatic rings. The van der Waals surface area contributed by atoms with Crippen molar-refractivity contribution in [2.75, 3.05) is 17.2 Å². The third kappa shape index (κ3) is 7.00. The number of rotatable bonds is 9. The number of carbonyl (C=O) groups excluding carboxylic acids is 2. The van der Waals surface area contributed by atoms with Gasteiger partial charge in [0.2, 0.25) is 5.91 Å². The topological polar surface area (TPSA) is 67.4 Å². The van der Waals surface area contributed by atoms with Crippen LogP contribution in [0.5, 0.6) is 5.75 Å². The molecule has 0 aliphatic heterocycles. The van der Waals surface area contributed by atoms with Crippen molar-refractivity contribution in [2.24, 2.45) is 5.92 Å². The molecule has 2 rings (SSSR count). The second-order valence-electron chi connectivity index (χ2n) is 7.01. The van der Waals surface area contributed by atoms with Crippen LogP contribution in [-0.4, -0.2) is 18.4 Å². The van der Waals surface area contributed by atoms with E-state index in [1.54, 1.807) is 42.5 Å². The molecular formula is C22H27BrN2O3. The van der Waals surface area contributed by atoms with Crippen LogP contribution in [0.4, 0.5) is 11.4 Å². The Morgan fingerprint density at radius 1 is 1.04 bits per heavy atom. The molecule has 28 heavy (non-hydrogen) atoms. The third-order valence-corrected chi connectivity index (χ3v) is 4.67. The summed E-state index contributed by atoms with van der Waals surface area (Å²) in [5, 5.41) is 5.68. The number of halogens is 1. The number of nitrogens with one attached hydrogen (secondary N) is 2. The molecule has 2 N–H and O–H groups in total. The van der Waals surface area contributed by atoms with E-state index in [1.165, 1.54) is 0 Å². The zero-order valence-corrected chi connectivity index (χ0v) is 18.1. The van der Waals surface area contributed by atoms with E-state index in [2.05, 4.69) is 40.4 Å². The highest BCUT2D eigenvalue weighted by Gasteiger charge is 2.10. The maximum Gasteiger partial charge on any atom is 0.255 e. The summed E-state index contributed by atoms with van der Waals surface area (Å²) in [6.07, 6.45) is 2.27. The van der Waals surface area contributed by atoms with E-state index in [9.17, 15) is 9.59 Å². The van der Waals surface area contributed by atoms with Crippen LogP contribution in [0.3, 0.4) is 0 Å². The van der Waals surface area contributed by atoms with Crippen molar-refractivity contribution < 1.29 is 14.3 Å². The zero-order valence-electron chi connectivity index (χ0n) is 16.5. The van der Waals surface area contributed by atoms with Gasteiger partial charge in [-0.05, 0) is 77.2 Å². The molecule has 0 saturated carbocycles. The van der Waals surface area contributed by atoms with Gasteiger partial charge in [-0.1, -0.05) is 20.8 Å². The summed E-state index contributed by atoms with van der Waals surface area (Å²) in [5.41, 5.74) is 1.90. The molecule has 0 heterocycles. The van der Waals surface area contributed by atoms with Crippen molar-refractivity contribution in [3.63, 3.8) is 0 Å². The number of carbonyl (C=O) groups is 2. The second-order valence-corrected chi connectivity index (χ2v) is 7.86. The molecule has 0 bridgehead atoms. The third-order valence-electron chi connectivity index (χ3n) is 4.05. The Morgan fingerprint density at radius 2 is 1.68 bits per heavy atom. The molecule has 2 aromatic carbocycles. The lowest BCUT2D eigenvalue weighted by molar-refractivity contribution is -0.116. The fraction of sp³-hybridized carbons (Fsp3) is 0.364. The van der Waals surface area contributed by atoms with Crippen LogP contribution in [0, 0.1) is 5.92 Å². The molecule has 0 radical (unpaired) electrons. The Kier molecular flexibility index (Phi) is 8.51. The summed E-state index contributed by atoms with van der Waals surface area (Å²) >= 11 is 3.47. The minimum atomic E-state index is -0.211. The summed E-state index contributed by atoms with van der Waals surface area (Å²) in [5.74, 6) is 1.08. The van der Waals surface area contributed by atoms with Crippen molar-refractivity contribution in [1.82, 2.24) is 0 Å². The molecule has 2 aromatic rings. The first kappa shape index (κ1) is 22.0. The standard InChI is InChI=1S/C22H27BrN2O3/c1-4-5-21(26)24-17-7-9-18(10-8-17)25-22(27)16-6-11-20(19(23)14-16)28-13-12-15(2)3/h6-11,14-15H,4-5,12-13H2,1-3H3,(H,24,26)(H,25,27). The van der Waals surface area contributed by atoms with Gasteiger partial charge < -0.3 is 15.4 Å². The van der Waals surface area contributed by atoms with Crippen LogP contribution < -0.4 is 15.4 Å². The number of amides is 2. The van der Waals surface area contributed by atoms with E-state index >= 15 is 0 Å². The molecule has 0 saturated heterocycles. The van der Waals surface area contributed by atoms with Gasteiger partial charge >= 0.3 is 0 Å². The normalized spacial score (nSPS) is 10.6. The van der Waals surface area contributed by atoms with Gasteiger partial charge in [0.25, 0.3) is 5.91 Å². The highest BCUT2D eigenvalue weighted by molar-refractivity contribution is 9.10. The maximum absolute atomic E-state index is 12.5. The van der Waals surface area contributed by atoms with E-state index in [0.717, 1.165) is 23.1 Å². The molecule has 0 fully saturated rings. The fourth-order valence-corrected chi connectivity index (χ4v) is 2.95. The quantitative estimate of drug-likeness (QED) is 0.506. The van der Waals surface area contributed by atoms with E-state index in [0.29, 0.717) is 35.9 Å². The number of benzene rings is 2. The van der Waals surface area contributed by atoms with E-state index in [4.69, 9.17) is 4.74 Å². The first-order chi connectivity index (χ1) is 13.4. The van der Waals surface area contributed by atoms with Crippen molar-refractivity contribution in [3.8, 4) is 5.75 Å².